The molecule has 15 heavy (non-hydrogen) atoms. The van der Waals surface area contributed by atoms with Gasteiger partial charge in [0.25, 0.3) is 0 Å². The molecule has 0 fully saturated rings. The fourth-order valence-electron chi connectivity index (χ4n) is 1.99. The van der Waals surface area contributed by atoms with E-state index in [1.807, 2.05) is 17.9 Å². The van der Waals surface area contributed by atoms with Gasteiger partial charge in [0, 0.05) is 19.3 Å². The highest BCUT2D eigenvalue weighted by Crippen LogP contribution is 2.09. The average Bonchev–Trinajstić information content (AvgIpc) is 2.66. The summed E-state index contributed by atoms with van der Waals surface area (Å²) in [6.45, 7) is 1.04. The summed E-state index contributed by atoms with van der Waals surface area (Å²) in [7, 11) is 1.96. The summed E-state index contributed by atoms with van der Waals surface area (Å²) < 4.78 is 1.86. The zero-order valence-corrected chi connectivity index (χ0v) is 9.32. The third-order valence-electron chi connectivity index (χ3n) is 2.83. The van der Waals surface area contributed by atoms with E-state index in [2.05, 4.69) is 28.8 Å². The van der Waals surface area contributed by atoms with Crippen molar-refractivity contribution >= 4 is 0 Å². The van der Waals surface area contributed by atoms with Gasteiger partial charge in [-0.05, 0) is 37.8 Å². The summed E-state index contributed by atoms with van der Waals surface area (Å²) in [6.07, 6.45) is 13.5. The lowest BCUT2D eigenvalue weighted by molar-refractivity contribution is 0.525. The number of aryl methyl sites for hydroxylation is 1. The number of nitrogens with one attached hydrogen (secondary N) is 1. The Morgan fingerprint density at radius 1 is 1.60 bits per heavy atom. The van der Waals surface area contributed by atoms with E-state index >= 15 is 0 Å². The molecule has 1 unspecified atom stereocenters. The first-order valence-corrected chi connectivity index (χ1v) is 5.72. The van der Waals surface area contributed by atoms with Crippen LogP contribution in [0.25, 0.3) is 0 Å². The Kier molecular flexibility index (Phi) is 3.56. The number of hydrogen-bond donors (Lipinski definition) is 1. The van der Waals surface area contributed by atoms with Crippen LogP contribution in [0.15, 0.2) is 24.5 Å². The molecule has 0 saturated heterocycles. The minimum atomic E-state index is 0.593. The van der Waals surface area contributed by atoms with Gasteiger partial charge in [0.2, 0.25) is 0 Å². The highest BCUT2D eigenvalue weighted by molar-refractivity contribution is 5.04. The van der Waals surface area contributed by atoms with Gasteiger partial charge < -0.3 is 5.32 Å². The zero-order valence-electron chi connectivity index (χ0n) is 9.32. The summed E-state index contributed by atoms with van der Waals surface area (Å²) in [6, 6.07) is 0.593. The van der Waals surface area contributed by atoms with Crippen LogP contribution in [0.5, 0.6) is 0 Å². The number of allylic oxidation sites excluding steroid dienone is 1. The maximum atomic E-state index is 4.16. The maximum Gasteiger partial charge on any atom is 0.0522 e. The molecule has 0 aromatic carbocycles. The summed E-state index contributed by atoms with van der Waals surface area (Å²) >= 11 is 0. The Morgan fingerprint density at radius 2 is 2.53 bits per heavy atom. The van der Waals surface area contributed by atoms with E-state index in [1.165, 1.54) is 24.8 Å². The van der Waals surface area contributed by atoms with Crippen molar-refractivity contribution < 1.29 is 0 Å². The van der Waals surface area contributed by atoms with Crippen molar-refractivity contribution in [1.29, 1.82) is 0 Å². The van der Waals surface area contributed by atoms with Crippen molar-refractivity contribution in [3.63, 3.8) is 0 Å². The van der Waals surface area contributed by atoms with E-state index in [4.69, 9.17) is 0 Å². The van der Waals surface area contributed by atoms with Crippen molar-refractivity contribution in [1.82, 2.24) is 15.1 Å². The first-order valence-electron chi connectivity index (χ1n) is 5.72. The van der Waals surface area contributed by atoms with Gasteiger partial charge in [-0.3, -0.25) is 4.68 Å². The molecule has 1 aliphatic carbocycles. The van der Waals surface area contributed by atoms with Gasteiger partial charge in [0.1, 0.15) is 0 Å². The molecule has 1 atom stereocenters. The largest absolute Gasteiger partial charge is 0.310 e. The first kappa shape index (κ1) is 10.4. The van der Waals surface area contributed by atoms with Crippen molar-refractivity contribution in [3.05, 3.63) is 30.1 Å². The monoisotopic (exact) mass is 205 g/mol. The van der Waals surface area contributed by atoms with E-state index in [0.29, 0.717) is 6.04 Å². The van der Waals surface area contributed by atoms with Gasteiger partial charge in [-0.2, -0.15) is 5.10 Å². The van der Waals surface area contributed by atoms with Crippen LogP contribution in [0.4, 0.5) is 0 Å². The summed E-state index contributed by atoms with van der Waals surface area (Å²) in [4.78, 5) is 0. The maximum absolute atomic E-state index is 4.16. The Hall–Kier alpha value is -1.09. The molecule has 1 aromatic heterocycles. The van der Waals surface area contributed by atoms with Crippen molar-refractivity contribution in [3.8, 4) is 0 Å². The lowest BCUT2D eigenvalue weighted by Gasteiger charge is -2.17. The number of hydrogen-bond acceptors (Lipinski definition) is 2. The van der Waals surface area contributed by atoms with Crippen molar-refractivity contribution in [2.75, 3.05) is 6.54 Å². The number of nitrogens with zero attached hydrogens (tertiary/aromatic N) is 2. The molecule has 82 valence electrons. The third kappa shape index (κ3) is 3.20. The van der Waals surface area contributed by atoms with Crippen LogP contribution in [0, 0.1) is 0 Å². The zero-order chi connectivity index (χ0) is 10.5. The van der Waals surface area contributed by atoms with Gasteiger partial charge in [-0.15, -0.1) is 0 Å². The summed E-state index contributed by atoms with van der Waals surface area (Å²) in [5.41, 5.74) is 1.31. The second-order valence-corrected chi connectivity index (χ2v) is 4.19. The molecule has 3 nitrogen and oxygen atoms in total. The lowest BCUT2D eigenvalue weighted by Crippen LogP contribution is -2.30. The smallest absolute Gasteiger partial charge is 0.0522 e. The van der Waals surface area contributed by atoms with E-state index in [9.17, 15) is 0 Å². The van der Waals surface area contributed by atoms with Crippen molar-refractivity contribution in [2.24, 2.45) is 7.05 Å². The fourth-order valence-corrected chi connectivity index (χ4v) is 1.99. The first-order chi connectivity index (χ1) is 7.34. The van der Waals surface area contributed by atoms with Gasteiger partial charge in [0.05, 0.1) is 6.20 Å². The normalized spacial score (nSPS) is 20.7. The standard InChI is InChI=1S/C12H19N3/c1-15-10-11(9-14-15)7-8-13-12-5-3-2-4-6-12/h3,5,9-10,12-13H,2,4,6-8H2,1H3. The van der Waals surface area contributed by atoms with Gasteiger partial charge in [-0.25, -0.2) is 0 Å². The second kappa shape index (κ2) is 5.12. The predicted molar refractivity (Wildman–Crippen MR) is 61.7 cm³/mol. The fraction of sp³-hybridized carbons (Fsp3) is 0.583. The molecule has 0 saturated carbocycles. The molecule has 0 amide bonds. The minimum Gasteiger partial charge on any atom is -0.310 e. The molecular weight excluding hydrogens is 186 g/mol. The highest BCUT2D eigenvalue weighted by atomic mass is 15.2. The van der Waals surface area contributed by atoms with E-state index in [-0.39, 0.29) is 0 Å². The van der Waals surface area contributed by atoms with Crippen LogP contribution in [0.1, 0.15) is 24.8 Å². The van der Waals surface area contributed by atoms with Crippen LogP contribution >= 0.6 is 0 Å². The minimum absolute atomic E-state index is 0.593. The van der Waals surface area contributed by atoms with Crippen molar-refractivity contribution in [2.45, 2.75) is 31.7 Å². The quantitative estimate of drug-likeness (QED) is 0.758. The van der Waals surface area contributed by atoms with Gasteiger partial charge in [-0.1, -0.05) is 12.2 Å². The summed E-state index contributed by atoms with van der Waals surface area (Å²) in [5, 5.41) is 7.71. The Bertz CT molecular complexity index is 327. The molecule has 1 heterocycles. The molecule has 0 radical (unpaired) electrons. The number of aromatic nitrogens is 2. The van der Waals surface area contributed by atoms with E-state index < -0.39 is 0 Å². The van der Waals surface area contributed by atoms with Crippen LogP contribution in [0.3, 0.4) is 0 Å². The molecule has 1 aromatic rings. The Morgan fingerprint density at radius 3 is 3.20 bits per heavy atom. The van der Waals surface area contributed by atoms with Gasteiger partial charge >= 0.3 is 0 Å². The second-order valence-electron chi connectivity index (χ2n) is 4.19. The van der Waals surface area contributed by atoms with Crippen LogP contribution in [0.2, 0.25) is 0 Å². The predicted octanol–water partition coefficient (Wildman–Crippen LogP) is 1.66. The molecule has 1 N–H and O–H groups in total. The molecule has 3 heteroatoms. The molecule has 0 spiro atoms. The van der Waals surface area contributed by atoms with Crippen LogP contribution in [-0.4, -0.2) is 22.4 Å². The SMILES string of the molecule is Cn1cc(CCNC2C=CCCC2)cn1. The number of rotatable bonds is 4. The van der Waals surface area contributed by atoms with Crippen LogP contribution in [-0.2, 0) is 13.5 Å². The molecule has 1 aliphatic rings. The van der Waals surface area contributed by atoms with E-state index in [1.54, 1.807) is 0 Å². The third-order valence-corrected chi connectivity index (χ3v) is 2.83. The Balaban J connectivity index is 1.70. The molecule has 0 aliphatic heterocycles. The highest BCUT2D eigenvalue weighted by Gasteiger charge is 2.06. The molecule has 0 bridgehead atoms. The van der Waals surface area contributed by atoms with Crippen LogP contribution < -0.4 is 5.32 Å². The van der Waals surface area contributed by atoms with E-state index in [0.717, 1.165) is 13.0 Å². The summed E-state index contributed by atoms with van der Waals surface area (Å²) in [5.74, 6) is 0. The molecular formula is C12H19N3. The van der Waals surface area contributed by atoms with Gasteiger partial charge in [0.15, 0.2) is 0 Å². The lowest BCUT2D eigenvalue weighted by atomic mass is 10.0. The Labute approximate surface area is 91.2 Å². The average molecular weight is 205 g/mol. The molecule has 2 rings (SSSR count). The topological polar surface area (TPSA) is 29.9 Å².